The van der Waals surface area contributed by atoms with E-state index in [1.807, 2.05) is 13.2 Å². The minimum absolute atomic E-state index is 0.0330. The Morgan fingerprint density at radius 1 is 1.26 bits per heavy atom. The van der Waals surface area contributed by atoms with Crippen LogP contribution in [0.25, 0.3) is 11.3 Å². The molecule has 0 spiro atoms. The number of thioether (sulfide) groups is 1. The van der Waals surface area contributed by atoms with Crippen molar-refractivity contribution in [2.75, 3.05) is 6.26 Å². The van der Waals surface area contributed by atoms with Gasteiger partial charge in [0.1, 0.15) is 0 Å². The smallest absolute Gasteiger partial charge is 0.267 e. The van der Waals surface area contributed by atoms with Crippen molar-refractivity contribution in [1.29, 1.82) is 0 Å². The summed E-state index contributed by atoms with van der Waals surface area (Å²) in [5.74, 6) is 0. The highest BCUT2D eigenvalue weighted by molar-refractivity contribution is 7.98. The Balaban J connectivity index is 2.11. The largest absolute Gasteiger partial charge is 0.364 e. The Morgan fingerprint density at radius 2 is 2.00 bits per heavy atom. The van der Waals surface area contributed by atoms with Crippen LogP contribution < -0.4 is 11.0 Å². The summed E-state index contributed by atoms with van der Waals surface area (Å²) in [6, 6.07) is 1.77. The van der Waals surface area contributed by atoms with Crippen molar-refractivity contribution in [3.05, 3.63) is 44.9 Å². The SMILES string of the molecule is CSc1c(-c2c[nH]c(C)cc2=O)ncn(C2CCCCC2)c1=O. The van der Waals surface area contributed by atoms with Crippen molar-refractivity contribution in [2.45, 2.75) is 50.0 Å². The molecule has 1 N–H and O–H groups in total. The molecule has 0 aliphatic heterocycles. The lowest BCUT2D eigenvalue weighted by molar-refractivity contribution is 0.341. The average molecular weight is 331 g/mol. The van der Waals surface area contributed by atoms with Gasteiger partial charge < -0.3 is 4.98 Å². The summed E-state index contributed by atoms with van der Waals surface area (Å²) in [6.07, 6.45) is 10.7. The van der Waals surface area contributed by atoms with Gasteiger partial charge in [-0.3, -0.25) is 14.2 Å². The zero-order valence-corrected chi connectivity index (χ0v) is 14.3. The van der Waals surface area contributed by atoms with Gasteiger partial charge in [0, 0.05) is 24.0 Å². The van der Waals surface area contributed by atoms with Crippen molar-refractivity contribution in [3.8, 4) is 11.3 Å². The van der Waals surface area contributed by atoms with Crippen LogP contribution in [0.1, 0.15) is 43.8 Å². The molecule has 2 aromatic heterocycles. The second-order valence-electron chi connectivity index (χ2n) is 6.02. The van der Waals surface area contributed by atoms with E-state index in [0.29, 0.717) is 16.2 Å². The van der Waals surface area contributed by atoms with Crippen LogP contribution >= 0.6 is 11.8 Å². The molecule has 0 aromatic carbocycles. The maximum atomic E-state index is 12.9. The first-order valence-corrected chi connectivity index (χ1v) is 9.19. The Labute approximate surface area is 139 Å². The number of aromatic nitrogens is 3. The Kier molecular flexibility index (Phi) is 4.71. The Hall–Kier alpha value is -1.82. The van der Waals surface area contributed by atoms with E-state index in [1.54, 1.807) is 17.1 Å². The van der Waals surface area contributed by atoms with E-state index in [-0.39, 0.29) is 17.0 Å². The number of nitrogens with zero attached hydrogens (tertiary/aromatic N) is 2. The summed E-state index contributed by atoms with van der Waals surface area (Å²) in [6.45, 7) is 1.83. The molecular weight excluding hydrogens is 310 g/mol. The maximum absolute atomic E-state index is 12.9. The number of hydrogen-bond acceptors (Lipinski definition) is 4. The van der Waals surface area contributed by atoms with E-state index in [2.05, 4.69) is 9.97 Å². The molecule has 2 aromatic rings. The minimum Gasteiger partial charge on any atom is -0.364 e. The van der Waals surface area contributed by atoms with E-state index >= 15 is 0 Å². The number of rotatable bonds is 3. The molecule has 1 saturated carbocycles. The molecule has 0 unspecified atom stereocenters. The first-order chi connectivity index (χ1) is 11.1. The summed E-state index contributed by atoms with van der Waals surface area (Å²) < 4.78 is 1.76. The van der Waals surface area contributed by atoms with Crippen LogP contribution in [-0.2, 0) is 0 Å². The molecule has 6 heteroatoms. The fraction of sp³-hybridized carbons (Fsp3) is 0.471. The molecular formula is C17H21N3O2S. The second kappa shape index (κ2) is 6.74. The molecule has 0 saturated heterocycles. The molecule has 1 fully saturated rings. The van der Waals surface area contributed by atoms with E-state index in [4.69, 9.17) is 0 Å². The summed E-state index contributed by atoms with van der Waals surface area (Å²) in [7, 11) is 0. The normalized spacial score (nSPS) is 15.7. The van der Waals surface area contributed by atoms with Crippen molar-refractivity contribution in [2.24, 2.45) is 0 Å². The minimum atomic E-state index is -0.112. The van der Waals surface area contributed by atoms with E-state index < -0.39 is 0 Å². The second-order valence-corrected chi connectivity index (χ2v) is 6.84. The monoisotopic (exact) mass is 331 g/mol. The third-order valence-electron chi connectivity index (χ3n) is 4.44. The van der Waals surface area contributed by atoms with Gasteiger partial charge in [0.25, 0.3) is 5.56 Å². The third kappa shape index (κ3) is 3.13. The van der Waals surface area contributed by atoms with Crippen LogP contribution in [0.3, 0.4) is 0 Å². The molecule has 3 rings (SSSR count). The molecule has 122 valence electrons. The van der Waals surface area contributed by atoms with Gasteiger partial charge >= 0.3 is 0 Å². The maximum Gasteiger partial charge on any atom is 0.267 e. The van der Waals surface area contributed by atoms with Gasteiger partial charge in [0.05, 0.1) is 22.5 Å². The number of aryl methyl sites for hydroxylation is 1. The number of nitrogens with one attached hydrogen (secondary N) is 1. The van der Waals surface area contributed by atoms with Gasteiger partial charge in [-0.15, -0.1) is 11.8 Å². The molecule has 0 amide bonds. The standard InChI is InChI=1S/C17H21N3O2S/c1-11-8-14(21)13(9-18-11)15-16(23-2)17(22)20(10-19-15)12-6-4-3-5-7-12/h8-10,12H,3-7H2,1-2H3,(H,18,21). The van der Waals surface area contributed by atoms with Gasteiger partial charge in [-0.1, -0.05) is 19.3 Å². The summed E-state index contributed by atoms with van der Waals surface area (Å²) in [5.41, 5.74) is 1.58. The molecule has 2 heterocycles. The van der Waals surface area contributed by atoms with E-state index in [9.17, 15) is 9.59 Å². The fourth-order valence-corrected chi connectivity index (χ4v) is 3.84. The van der Waals surface area contributed by atoms with Crippen molar-refractivity contribution < 1.29 is 0 Å². The number of pyridine rings is 1. The van der Waals surface area contributed by atoms with Crippen LogP contribution in [0.5, 0.6) is 0 Å². The van der Waals surface area contributed by atoms with Crippen LogP contribution in [0, 0.1) is 6.92 Å². The van der Waals surface area contributed by atoms with Crippen LogP contribution in [0.4, 0.5) is 0 Å². The highest BCUT2D eigenvalue weighted by Gasteiger charge is 2.21. The van der Waals surface area contributed by atoms with Gasteiger partial charge in [0.15, 0.2) is 5.43 Å². The Morgan fingerprint density at radius 3 is 2.65 bits per heavy atom. The third-order valence-corrected chi connectivity index (χ3v) is 5.22. The lowest BCUT2D eigenvalue weighted by Crippen LogP contribution is -2.28. The molecule has 0 bridgehead atoms. The number of hydrogen-bond donors (Lipinski definition) is 1. The predicted molar refractivity (Wildman–Crippen MR) is 93.2 cm³/mol. The lowest BCUT2D eigenvalue weighted by Gasteiger charge is -2.24. The quantitative estimate of drug-likeness (QED) is 0.878. The lowest BCUT2D eigenvalue weighted by atomic mass is 9.95. The molecule has 0 radical (unpaired) electrons. The van der Waals surface area contributed by atoms with Gasteiger partial charge in [-0.05, 0) is 26.0 Å². The number of H-pyrrole nitrogens is 1. The van der Waals surface area contributed by atoms with Crippen molar-refractivity contribution in [3.63, 3.8) is 0 Å². The Bertz CT molecular complexity index is 819. The van der Waals surface area contributed by atoms with Crippen LogP contribution in [0.15, 0.2) is 33.1 Å². The molecule has 1 aliphatic carbocycles. The number of aromatic amines is 1. The first-order valence-electron chi connectivity index (χ1n) is 7.96. The first kappa shape index (κ1) is 16.1. The van der Waals surface area contributed by atoms with E-state index in [0.717, 1.165) is 31.4 Å². The molecule has 23 heavy (non-hydrogen) atoms. The topological polar surface area (TPSA) is 67.8 Å². The zero-order valence-electron chi connectivity index (χ0n) is 13.5. The van der Waals surface area contributed by atoms with Crippen LogP contribution in [0.2, 0.25) is 0 Å². The predicted octanol–water partition coefficient (Wildman–Crippen LogP) is 3.13. The molecule has 5 nitrogen and oxygen atoms in total. The zero-order chi connectivity index (χ0) is 16.4. The van der Waals surface area contributed by atoms with Crippen molar-refractivity contribution >= 4 is 11.8 Å². The van der Waals surface area contributed by atoms with Gasteiger partial charge in [0.2, 0.25) is 0 Å². The highest BCUT2D eigenvalue weighted by Crippen LogP contribution is 2.29. The average Bonchev–Trinajstić information content (AvgIpc) is 2.55. The summed E-state index contributed by atoms with van der Waals surface area (Å²) in [4.78, 5) is 33.1. The van der Waals surface area contributed by atoms with Gasteiger partial charge in [-0.25, -0.2) is 4.98 Å². The van der Waals surface area contributed by atoms with Gasteiger partial charge in [-0.2, -0.15) is 0 Å². The van der Waals surface area contributed by atoms with E-state index in [1.165, 1.54) is 24.2 Å². The summed E-state index contributed by atoms with van der Waals surface area (Å²) >= 11 is 1.36. The highest BCUT2D eigenvalue weighted by atomic mass is 32.2. The molecule has 0 atom stereocenters. The van der Waals surface area contributed by atoms with Crippen LogP contribution in [-0.4, -0.2) is 20.8 Å². The van der Waals surface area contributed by atoms with Crippen molar-refractivity contribution in [1.82, 2.24) is 14.5 Å². The summed E-state index contributed by atoms with van der Waals surface area (Å²) in [5, 5.41) is 0. The fourth-order valence-electron chi connectivity index (χ4n) is 3.20. The molecule has 1 aliphatic rings.